The number of hydrogen-bond acceptors (Lipinski definition) is 4. The predicted octanol–water partition coefficient (Wildman–Crippen LogP) is 2.62. The standard InChI is InChI=1S/C20H22N4O3/c1-14-23-16-4-2-3-5-17(16)24(14)9-8-21-20(25)22-13-15-6-7-18-19(12-15)27-11-10-26-18/h2-7,12H,8-11,13H2,1H3,(H2,21,22,25). The van der Waals surface area contributed by atoms with E-state index >= 15 is 0 Å². The Morgan fingerprint density at radius 2 is 1.93 bits per heavy atom. The zero-order valence-corrected chi connectivity index (χ0v) is 15.2. The van der Waals surface area contributed by atoms with Gasteiger partial charge in [-0.05, 0) is 36.8 Å². The molecule has 0 bridgehead atoms. The molecule has 1 aliphatic rings. The number of nitrogens with zero attached hydrogens (tertiary/aromatic N) is 2. The number of hydrogen-bond donors (Lipinski definition) is 2. The molecule has 0 saturated carbocycles. The molecule has 0 fully saturated rings. The lowest BCUT2D eigenvalue weighted by atomic mass is 10.2. The zero-order chi connectivity index (χ0) is 18.6. The predicted molar refractivity (Wildman–Crippen MR) is 102 cm³/mol. The van der Waals surface area contributed by atoms with E-state index in [2.05, 4.69) is 20.2 Å². The Morgan fingerprint density at radius 1 is 1.11 bits per heavy atom. The zero-order valence-electron chi connectivity index (χ0n) is 15.2. The maximum Gasteiger partial charge on any atom is 0.315 e. The number of para-hydroxylation sites is 2. The third-order valence-corrected chi connectivity index (χ3v) is 4.53. The summed E-state index contributed by atoms with van der Waals surface area (Å²) in [6.45, 7) is 4.71. The van der Waals surface area contributed by atoms with Crippen LogP contribution in [-0.2, 0) is 13.1 Å². The number of fused-ring (bicyclic) bond motifs is 2. The number of carbonyl (C=O) groups is 1. The molecule has 0 aliphatic carbocycles. The average molecular weight is 366 g/mol. The summed E-state index contributed by atoms with van der Waals surface area (Å²) in [5, 5.41) is 5.76. The summed E-state index contributed by atoms with van der Waals surface area (Å²) < 4.78 is 13.2. The van der Waals surface area contributed by atoms with Gasteiger partial charge in [0.05, 0.1) is 11.0 Å². The first-order valence-electron chi connectivity index (χ1n) is 9.03. The molecule has 1 aliphatic heterocycles. The van der Waals surface area contributed by atoms with Gasteiger partial charge in [0.1, 0.15) is 19.0 Å². The monoisotopic (exact) mass is 366 g/mol. The normalized spacial score (nSPS) is 12.8. The molecule has 7 nitrogen and oxygen atoms in total. The summed E-state index contributed by atoms with van der Waals surface area (Å²) in [4.78, 5) is 16.6. The molecule has 1 aromatic heterocycles. The van der Waals surface area contributed by atoms with Gasteiger partial charge in [-0.2, -0.15) is 0 Å². The molecule has 2 N–H and O–H groups in total. The summed E-state index contributed by atoms with van der Waals surface area (Å²) >= 11 is 0. The van der Waals surface area contributed by atoms with Crippen LogP contribution in [0, 0.1) is 6.92 Å². The maximum absolute atomic E-state index is 12.1. The molecule has 27 heavy (non-hydrogen) atoms. The van der Waals surface area contributed by atoms with Crippen molar-refractivity contribution >= 4 is 17.1 Å². The van der Waals surface area contributed by atoms with Crippen LogP contribution >= 0.6 is 0 Å². The van der Waals surface area contributed by atoms with Gasteiger partial charge in [-0.15, -0.1) is 0 Å². The fourth-order valence-corrected chi connectivity index (χ4v) is 3.20. The van der Waals surface area contributed by atoms with Crippen molar-refractivity contribution in [1.29, 1.82) is 0 Å². The van der Waals surface area contributed by atoms with Gasteiger partial charge in [-0.3, -0.25) is 0 Å². The number of aryl methyl sites for hydroxylation is 1. The number of rotatable bonds is 5. The Balaban J connectivity index is 1.28. The summed E-state index contributed by atoms with van der Waals surface area (Å²) in [6.07, 6.45) is 0. The van der Waals surface area contributed by atoms with Gasteiger partial charge in [-0.25, -0.2) is 9.78 Å². The van der Waals surface area contributed by atoms with Gasteiger partial charge in [0.25, 0.3) is 0 Å². The lowest BCUT2D eigenvalue weighted by Crippen LogP contribution is -2.36. The number of amides is 2. The Hall–Kier alpha value is -3.22. The lowest BCUT2D eigenvalue weighted by Gasteiger charge is -2.19. The van der Waals surface area contributed by atoms with Crippen molar-refractivity contribution < 1.29 is 14.3 Å². The lowest BCUT2D eigenvalue weighted by molar-refractivity contribution is 0.171. The van der Waals surface area contributed by atoms with E-state index in [0.717, 1.165) is 33.9 Å². The molecule has 7 heteroatoms. The average Bonchev–Trinajstić information content (AvgIpc) is 3.01. The molecule has 2 aromatic carbocycles. The third-order valence-electron chi connectivity index (χ3n) is 4.53. The molecule has 3 aromatic rings. The highest BCUT2D eigenvalue weighted by Crippen LogP contribution is 2.30. The fraction of sp³-hybridized carbons (Fsp3) is 0.300. The van der Waals surface area contributed by atoms with E-state index < -0.39 is 0 Å². The minimum Gasteiger partial charge on any atom is -0.486 e. The van der Waals surface area contributed by atoms with Crippen LogP contribution in [0.15, 0.2) is 42.5 Å². The molecule has 2 heterocycles. The number of urea groups is 1. The van der Waals surface area contributed by atoms with Gasteiger partial charge < -0.3 is 24.7 Å². The van der Waals surface area contributed by atoms with Gasteiger partial charge in [0.15, 0.2) is 11.5 Å². The van der Waals surface area contributed by atoms with E-state index in [1.165, 1.54) is 0 Å². The first kappa shape index (κ1) is 17.2. The summed E-state index contributed by atoms with van der Waals surface area (Å²) in [6, 6.07) is 13.5. The number of aromatic nitrogens is 2. The molecule has 2 amide bonds. The van der Waals surface area contributed by atoms with Gasteiger partial charge >= 0.3 is 6.03 Å². The van der Waals surface area contributed by atoms with Crippen molar-refractivity contribution in [3.05, 3.63) is 53.9 Å². The number of carbonyl (C=O) groups excluding carboxylic acids is 1. The number of ether oxygens (including phenoxy) is 2. The van der Waals surface area contributed by atoms with Crippen LogP contribution in [0.25, 0.3) is 11.0 Å². The van der Waals surface area contributed by atoms with Gasteiger partial charge in [0.2, 0.25) is 0 Å². The fourth-order valence-electron chi connectivity index (χ4n) is 3.20. The Labute approximate surface area is 157 Å². The van der Waals surface area contributed by atoms with Crippen molar-refractivity contribution in [1.82, 2.24) is 20.2 Å². The van der Waals surface area contributed by atoms with E-state index in [1.54, 1.807) is 0 Å². The molecular weight excluding hydrogens is 344 g/mol. The van der Waals surface area contributed by atoms with E-state index in [9.17, 15) is 4.79 Å². The Bertz CT molecular complexity index is 967. The highest BCUT2D eigenvalue weighted by atomic mass is 16.6. The molecule has 4 rings (SSSR count). The van der Waals surface area contributed by atoms with Crippen molar-refractivity contribution in [2.75, 3.05) is 19.8 Å². The number of imidazole rings is 1. The Kier molecular flexibility index (Phi) is 4.82. The van der Waals surface area contributed by atoms with Crippen molar-refractivity contribution in [2.24, 2.45) is 0 Å². The van der Waals surface area contributed by atoms with Crippen LogP contribution in [0.5, 0.6) is 11.5 Å². The van der Waals surface area contributed by atoms with Gasteiger partial charge in [0, 0.05) is 19.6 Å². The second-order valence-corrected chi connectivity index (χ2v) is 6.39. The second-order valence-electron chi connectivity index (χ2n) is 6.39. The topological polar surface area (TPSA) is 77.4 Å². The quantitative estimate of drug-likeness (QED) is 0.728. The minimum absolute atomic E-state index is 0.202. The van der Waals surface area contributed by atoms with Crippen molar-refractivity contribution in [3.63, 3.8) is 0 Å². The minimum atomic E-state index is -0.202. The van der Waals surface area contributed by atoms with Crippen LogP contribution in [0.2, 0.25) is 0 Å². The molecule has 0 unspecified atom stereocenters. The smallest absolute Gasteiger partial charge is 0.315 e. The maximum atomic E-state index is 12.1. The molecule has 0 atom stereocenters. The highest BCUT2D eigenvalue weighted by Gasteiger charge is 2.12. The van der Waals surface area contributed by atoms with Gasteiger partial charge in [-0.1, -0.05) is 18.2 Å². The summed E-state index contributed by atoms with van der Waals surface area (Å²) in [5.74, 6) is 2.41. The van der Waals surface area contributed by atoms with Crippen LogP contribution in [-0.4, -0.2) is 35.3 Å². The molecule has 0 saturated heterocycles. The van der Waals surface area contributed by atoms with E-state index in [1.807, 2.05) is 49.4 Å². The van der Waals surface area contributed by atoms with Crippen molar-refractivity contribution in [2.45, 2.75) is 20.0 Å². The molecule has 0 spiro atoms. The van der Waals surface area contributed by atoms with Crippen LogP contribution in [0.3, 0.4) is 0 Å². The first-order valence-corrected chi connectivity index (χ1v) is 9.03. The highest BCUT2D eigenvalue weighted by molar-refractivity contribution is 5.76. The van der Waals surface area contributed by atoms with E-state index in [-0.39, 0.29) is 6.03 Å². The second kappa shape index (κ2) is 7.57. The third kappa shape index (κ3) is 3.81. The number of nitrogens with one attached hydrogen (secondary N) is 2. The largest absolute Gasteiger partial charge is 0.486 e. The SMILES string of the molecule is Cc1nc2ccccc2n1CCNC(=O)NCc1ccc2c(c1)OCCO2. The molecule has 140 valence electrons. The van der Waals surface area contributed by atoms with E-state index in [0.29, 0.717) is 32.8 Å². The van der Waals surface area contributed by atoms with E-state index in [4.69, 9.17) is 9.47 Å². The van der Waals surface area contributed by atoms with Crippen LogP contribution < -0.4 is 20.1 Å². The number of benzene rings is 2. The van der Waals surface area contributed by atoms with Crippen LogP contribution in [0.4, 0.5) is 4.79 Å². The molecular formula is C20H22N4O3. The van der Waals surface area contributed by atoms with Crippen molar-refractivity contribution in [3.8, 4) is 11.5 Å². The summed E-state index contributed by atoms with van der Waals surface area (Å²) in [7, 11) is 0. The van der Waals surface area contributed by atoms with Crippen LogP contribution in [0.1, 0.15) is 11.4 Å². The summed E-state index contributed by atoms with van der Waals surface area (Å²) in [5.41, 5.74) is 3.01. The molecule has 0 radical (unpaired) electrons. The Morgan fingerprint density at radius 3 is 2.81 bits per heavy atom. The first-order chi connectivity index (χ1) is 13.2.